The molecule has 0 radical (unpaired) electrons. The fraction of sp³-hybridized carbons (Fsp3) is 0.333. The number of hydrazine groups is 1. The number of allylic oxidation sites excluding steroid dienone is 2. The van der Waals surface area contributed by atoms with Crippen LogP contribution in [0.2, 0.25) is 0 Å². The number of aryl methyl sites for hydroxylation is 1. The van der Waals surface area contributed by atoms with Crippen molar-refractivity contribution in [2.24, 2.45) is 23.7 Å². The number of carbonyl (C=O) groups excluding carboxylic acids is 4. The Bertz CT molecular complexity index is 1700. The highest BCUT2D eigenvalue weighted by Gasteiger charge is 2.70. The second-order valence-corrected chi connectivity index (χ2v) is 12.5. The van der Waals surface area contributed by atoms with Crippen LogP contribution in [0.3, 0.4) is 0 Å². The maximum absolute atomic E-state index is 15.0. The van der Waals surface area contributed by atoms with Crippen LogP contribution in [0.25, 0.3) is 0 Å². The minimum absolute atomic E-state index is 0.0475. The molecule has 1 saturated carbocycles. The number of fused-ring (bicyclic) bond motifs is 4. The Labute approximate surface area is 256 Å². The topological polar surface area (TPSA) is 107 Å². The summed E-state index contributed by atoms with van der Waals surface area (Å²) in [5.74, 6) is -3.98. The fourth-order valence-corrected chi connectivity index (χ4v) is 8.34. The lowest BCUT2D eigenvalue weighted by Crippen LogP contribution is -2.53. The van der Waals surface area contributed by atoms with E-state index < -0.39 is 35.0 Å². The number of benzene rings is 3. The largest absolute Gasteiger partial charge is 0.508 e. The third kappa shape index (κ3) is 3.96. The van der Waals surface area contributed by atoms with E-state index in [9.17, 15) is 24.3 Å². The maximum atomic E-state index is 15.0. The number of likely N-dealkylation sites (tertiary alicyclic amines) is 1. The molecule has 6 atom stereocenters. The summed E-state index contributed by atoms with van der Waals surface area (Å²) < 4.78 is 0. The first kappa shape index (κ1) is 28.1. The van der Waals surface area contributed by atoms with E-state index in [1.54, 1.807) is 18.2 Å². The molecule has 0 aromatic heterocycles. The van der Waals surface area contributed by atoms with Gasteiger partial charge in [0.15, 0.2) is 0 Å². The Morgan fingerprint density at radius 1 is 0.886 bits per heavy atom. The summed E-state index contributed by atoms with van der Waals surface area (Å²) in [7, 11) is 0. The molecular formula is C36H35N3O5. The molecule has 4 amide bonds. The highest BCUT2D eigenvalue weighted by atomic mass is 16.3. The average Bonchev–Trinajstić information content (AvgIpc) is 3.40. The minimum Gasteiger partial charge on any atom is -0.508 e. The van der Waals surface area contributed by atoms with Crippen molar-refractivity contribution in [2.75, 3.05) is 12.0 Å². The molecule has 3 aromatic carbocycles. The molecule has 7 rings (SSSR count). The van der Waals surface area contributed by atoms with Gasteiger partial charge in [-0.1, -0.05) is 78.7 Å². The molecule has 2 heterocycles. The number of phenols is 1. The van der Waals surface area contributed by atoms with Gasteiger partial charge in [0, 0.05) is 12.5 Å². The highest BCUT2D eigenvalue weighted by molar-refractivity contribution is 6.13. The van der Waals surface area contributed by atoms with Crippen molar-refractivity contribution in [2.45, 2.75) is 44.4 Å². The second-order valence-electron chi connectivity index (χ2n) is 12.5. The predicted octanol–water partition coefficient (Wildman–Crippen LogP) is 5.10. The Hall–Kier alpha value is -4.72. The molecule has 8 nitrogen and oxygen atoms in total. The van der Waals surface area contributed by atoms with Gasteiger partial charge < -0.3 is 5.11 Å². The van der Waals surface area contributed by atoms with Crippen LogP contribution in [-0.4, -0.2) is 45.2 Å². The van der Waals surface area contributed by atoms with Crippen LogP contribution < -0.4 is 5.43 Å². The fourth-order valence-electron chi connectivity index (χ4n) is 8.34. The quantitative estimate of drug-likeness (QED) is 0.306. The molecule has 0 unspecified atom stereocenters. The van der Waals surface area contributed by atoms with Crippen molar-refractivity contribution in [3.05, 3.63) is 107 Å². The first-order chi connectivity index (χ1) is 21.3. The zero-order chi connectivity index (χ0) is 30.7. The van der Waals surface area contributed by atoms with Gasteiger partial charge in [-0.2, -0.15) is 5.01 Å². The lowest BCUT2D eigenvalue weighted by molar-refractivity contribution is -0.141. The van der Waals surface area contributed by atoms with Crippen molar-refractivity contribution in [3.8, 4) is 5.75 Å². The molecule has 0 bridgehead atoms. The van der Waals surface area contributed by atoms with Crippen LogP contribution >= 0.6 is 0 Å². The lowest BCUT2D eigenvalue weighted by atomic mass is 9.49. The molecule has 2 N–H and O–H groups in total. The van der Waals surface area contributed by atoms with Crippen LogP contribution in [0.15, 0.2) is 90.5 Å². The monoisotopic (exact) mass is 589 g/mol. The summed E-state index contributed by atoms with van der Waals surface area (Å²) in [5.41, 5.74) is 5.70. The molecule has 8 heteroatoms. The number of hydrogen-bond acceptors (Lipinski definition) is 6. The van der Waals surface area contributed by atoms with E-state index in [1.165, 1.54) is 4.90 Å². The first-order valence-corrected chi connectivity index (χ1v) is 15.4. The number of carbonyl (C=O) groups is 4. The van der Waals surface area contributed by atoms with E-state index in [0.717, 1.165) is 16.1 Å². The highest BCUT2D eigenvalue weighted by Crippen LogP contribution is 2.64. The molecular weight excluding hydrogens is 554 g/mol. The van der Waals surface area contributed by atoms with Crippen LogP contribution in [0.5, 0.6) is 5.75 Å². The van der Waals surface area contributed by atoms with Gasteiger partial charge in [0.05, 0.1) is 28.9 Å². The summed E-state index contributed by atoms with van der Waals surface area (Å²) >= 11 is 0. The van der Waals surface area contributed by atoms with Gasteiger partial charge in [0.2, 0.25) is 11.8 Å². The number of hydrogen-bond donors (Lipinski definition) is 2. The Morgan fingerprint density at radius 3 is 2.34 bits per heavy atom. The van der Waals surface area contributed by atoms with Crippen LogP contribution in [-0.2, 0) is 24.6 Å². The number of anilines is 1. The number of amides is 4. The standard InChI is InChI=1S/C36H35N3O5/c1-3-18-38-32(41)27-17-16-26-28(30(27)34(38)43)20-29-33(42)39(37-24-14-12-21(2)13-15-24)35(44)36(29,23-9-5-4-6-10-23)31(26)22-8-7-11-25(40)19-22/h4-16,19,27-31,37,40H,3,17-18,20H2,1-2H3/t27-,28+,29-,30-,31-,36+/m0/s1. The van der Waals surface area contributed by atoms with Crippen molar-refractivity contribution in [1.82, 2.24) is 9.91 Å². The van der Waals surface area contributed by atoms with Gasteiger partial charge in [-0.3, -0.25) is 29.5 Å². The van der Waals surface area contributed by atoms with Gasteiger partial charge >= 0.3 is 0 Å². The van der Waals surface area contributed by atoms with E-state index in [-0.39, 0.29) is 35.8 Å². The number of phenolic OH excluding ortho intramolecular Hbond substituents is 1. The molecule has 44 heavy (non-hydrogen) atoms. The summed E-state index contributed by atoms with van der Waals surface area (Å²) in [6.07, 6.45) is 3.35. The van der Waals surface area contributed by atoms with Crippen molar-refractivity contribution in [1.29, 1.82) is 0 Å². The van der Waals surface area contributed by atoms with Gasteiger partial charge in [0.25, 0.3) is 11.8 Å². The summed E-state index contributed by atoms with van der Waals surface area (Å²) in [6.45, 7) is 4.28. The summed E-state index contributed by atoms with van der Waals surface area (Å²) in [6, 6.07) is 23.7. The predicted molar refractivity (Wildman–Crippen MR) is 164 cm³/mol. The zero-order valence-corrected chi connectivity index (χ0v) is 24.8. The molecule has 2 saturated heterocycles. The molecule has 0 spiro atoms. The Morgan fingerprint density at radius 2 is 1.64 bits per heavy atom. The van der Waals surface area contributed by atoms with E-state index in [2.05, 4.69) is 5.43 Å². The Balaban J connectivity index is 1.44. The first-order valence-electron chi connectivity index (χ1n) is 15.4. The summed E-state index contributed by atoms with van der Waals surface area (Å²) in [5, 5.41) is 11.8. The van der Waals surface area contributed by atoms with E-state index in [0.29, 0.717) is 36.2 Å². The Kier molecular flexibility index (Phi) is 6.68. The zero-order valence-electron chi connectivity index (χ0n) is 24.8. The van der Waals surface area contributed by atoms with Gasteiger partial charge in [-0.25, -0.2) is 0 Å². The normalized spacial score (nSPS) is 29.3. The molecule has 3 fully saturated rings. The number of nitrogens with zero attached hydrogens (tertiary/aromatic N) is 2. The molecule has 3 aromatic rings. The van der Waals surface area contributed by atoms with Gasteiger partial charge in [-0.15, -0.1) is 0 Å². The SMILES string of the molecule is CCCN1C(=O)[C@H]2[C@H](CC=C3[C@H]2C[C@H]2C(=O)N(Nc4ccc(C)cc4)C(=O)[C@@]2(c2ccccc2)[C@H]3c2cccc(O)c2)C1=O. The minimum atomic E-state index is -1.34. The average molecular weight is 590 g/mol. The lowest BCUT2D eigenvalue weighted by Gasteiger charge is -2.50. The van der Waals surface area contributed by atoms with Crippen LogP contribution in [0.1, 0.15) is 48.8 Å². The molecule has 2 aliphatic carbocycles. The maximum Gasteiger partial charge on any atom is 0.260 e. The van der Waals surface area contributed by atoms with E-state index in [1.807, 2.05) is 80.6 Å². The molecule has 2 aliphatic heterocycles. The molecule has 4 aliphatic rings. The van der Waals surface area contributed by atoms with Gasteiger partial charge in [-0.05, 0) is 67.5 Å². The smallest absolute Gasteiger partial charge is 0.260 e. The van der Waals surface area contributed by atoms with Crippen molar-refractivity contribution >= 4 is 29.3 Å². The third-order valence-corrected chi connectivity index (χ3v) is 10.1. The molecule has 224 valence electrons. The van der Waals surface area contributed by atoms with E-state index >= 15 is 0 Å². The van der Waals surface area contributed by atoms with Crippen LogP contribution in [0.4, 0.5) is 5.69 Å². The number of imide groups is 2. The number of rotatable bonds is 6. The van der Waals surface area contributed by atoms with Gasteiger partial charge in [0.1, 0.15) is 5.75 Å². The second kappa shape index (κ2) is 10.5. The van der Waals surface area contributed by atoms with Crippen molar-refractivity contribution < 1.29 is 24.3 Å². The number of nitrogens with one attached hydrogen (secondary N) is 1. The van der Waals surface area contributed by atoms with Crippen molar-refractivity contribution in [3.63, 3.8) is 0 Å². The summed E-state index contributed by atoms with van der Waals surface area (Å²) in [4.78, 5) is 58.2. The third-order valence-electron chi connectivity index (χ3n) is 10.1. The number of aromatic hydroxyl groups is 1. The van der Waals surface area contributed by atoms with Crippen LogP contribution in [0, 0.1) is 30.6 Å². The van der Waals surface area contributed by atoms with E-state index in [4.69, 9.17) is 0 Å².